The van der Waals surface area contributed by atoms with E-state index in [1.165, 1.54) is 23.0 Å². The highest BCUT2D eigenvalue weighted by atomic mass is 35.5. The van der Waals surface area contributed by atoms with Crippen molar-refractivity contribution in [2.24, 2.45) is 5.92 Å². The van der Waals surface area contributed by atoms with Gasteiger partial charge >= 0.3 is 0 Å². The molecule has 9 heteroatoms. The summed E-state index contributed by atoms with van der Waals surface area (Å²) in [5.74, 6) is -0.769. The number of non-ortho nitro benzene ring substituents is 1. The van der Waals surface area contributed by atoms with Crippen molar-refractivity contribution in [1.29, 1.82) is 5.26 Å². The van der Waals surface area contributed by atoms with Crippen LogP contribution in [0.5, 0.6) is 0 Å². The molecule has 0 aliphatic rings. The number of nitriles is 1. The molecule has 0 aliphatic heterocycles. The minimum atomic E-state index is -0.601. The lowest BCUT2D eigenvalue weighted by Crippen LogP contribution is -2.25. The van der Waals surface area contributed by atoms with Crippen LogP contribution >= 0.6 is 11.6 Å². The molecule has 23 heavy (non-hydrogen) atoms. The predicted molar refractivity (Wildman–Crippen MR) is 82.8 cm³/mol. The maximum absolute atomic E-state index is 12.2. The number of hydrogen-bond donors (Lipinski definition) is 1. The Morgan fingerprint density at radius 3 is 2.91 bits per heavy atom. The second-order valence-corrected chi connectivity index (χ2v) is 5.31. The topological polar surface area (TPSA) is 114 Å². The molecule has 0 saturated carbocycles. The van der Waals surface area contributed by atoms with Gasteiger partial charge in [-0.3, -0.25) is 19.6 Å². The summed E-state index contributed by atoms with van der Waals surface area (Å²) in [6, 6.07) is 5.52. The molecule has 1 amide bonds. The molecule has 8 nitrogen and oxygen atoms in total. The summed E-state index contributed by atoms with van der Waals surface area (Å²) in [4.78, 5) is 22.3. The van der Waals surface area contributed by atoms with Crippen molar-refractivity contribution in [3.63, 3.8) is 0 Å². The van der Waals surface area contributed by atoms with E-state index in [-0.39, 0.29) is 22.8 Å². The number of nitro benzene ring substituents is 1. The van der Waals surface area contributed by atoms with Gasteiger partial charge in [-0.1, -0.05) is 18.5 Å². The van der Waals surface area contributed by atoms with E-state index in [2.05, 4.69) is 10.4 Å². The number of carbonyl (C=O) groups is 1. The number of halogens is 1. The van der Waals surface area contributed by atoms with Gasteiger partial charge in [0.05, 0.1) is 39.9 Å². The Bertz CT molecular complexity index is 796. The molecular weight excluding hydrogens is 322 g/mol. The highest BCUT2D eigenvalue weighted by Gasteiger charge is 2.17. The molecular formula is C14H12ClN5O3. The molecule has 1 aromatic carbocycles. The van der Waals surface area contributed by atoms with Crippen molar-refractivity contribution >= 4 is 28.9 Å². The maximum atomic E-state index is 12.2. The van der Waals surface area contributed by atoms with Gasteiger partial charge in [-0.2, -0.15) is 10.4 Å². The van der Waals surface area contributed by atoms with Crippen molar-refractivity contribution in [3.05, 3.63) is 51.3 Å². The summed E-state index contributed by atoms with van der Waals surface area (Å²) in [7, 11) is 0. The van der Waals surface area contributed by atoms with E-state index in [9.17, 15) is 14.9 Å². The Morgan fingerprint density at radius 1 is 1.61 bits per heavy atom. The Balaban J connectivity index is 2.10. The smallest absolute Gasteiger partial charge is 0.270 e. The lowest BCUT2D eigenvalue weighted by atomic mass is 10.1. The molecule has 0 bridgehead atoms. The summed E-state index contributed by atoms with van der Waals surface area (Å²) in [6.45, 7) is 2.01. The third-order valence-electron chi connectivity index (χ3n) is 3.10. The average molecular weight is 334 g/mol. The van der Waals surface area contributed by atoms with Gasteiger partial charge in [-0.25, -0.2) is 0 Å². The Kier molecular flexibility index (Phi) is 4.93. The Labute approximate surface area is 136 Å². The van der Waals surface area contributed by atoms with Gasteiger partial charge in [-0.15, -0.1) is 0 Å². The fraction of sp³-hybridized carbons (Fsp3) is 0.214. The summed E-state index contributed by atoms with van der Waals surface area (Å²) in [6.07, 6.45) is 3.06. The molecule has 1 unspecified atom stereocenters. The molecule has 1 N–H and O–H groups in total. The lowest BCUT2D eigenvalue weighted by molar-refractivity contribution is -0.384. The first-order valence-corrected chi connectivity index (χ1v) is 6.96. The number of carbonyl (C=O) groups excluding carboxylic acids is 1. The normalized spacial score (nSPS) is 11.5. The third kappa shape index (κ3) is 4.05. The van der Waals surface area contributed by atoms with Crippen molar-refractivity contribution in [2.45, 2.75) is 13.5 Å². The number of amides is 1. The van der Waals surface area contributed by atoms with Crippen LogP contribution in [0.15, 0.2) is 30.6 Å². The number of aromatic nitrogens is 2. The zero-order valence-electron chi connectivity index (χ0n) is 12.1. The molecule has 1 atom stereocenters. The van der Waals surface area contributed by atoms with E-state index >= 15 is 0 Å². The number of nitro groups is 1. The molecule has 1 aromatic heterocycles. The Hall–Kier alpha value is -2.92. The number of rotatable bonds is 5. The largest absolute Gasteiger partial charge is 0.325 e. The first-order chi connectivity index (χ1) is 10.9. The van der Waals surface area contributed by atoms with Gasteiger partial charge in [-0.05, 0) is 6.07 Å². The number of anilines is 1. The van der Waals surface area contributed by atoms with Crippen molar-refractivity contribution in [3.8, 4) is 6.07 Å². The van der Waals surface area contributed by atoms with Gasteiger partial charge in [0.25, 0.3) is 5.69 Å². The summed E-state index contributed by atoms with van der Waals surface area (Å²) >= 11 is 5.76. The van der Waals surface area contributed by atoms with E-state index in [0.717, 1.165) is 6.07 Å². The SMILES string of the molecule is CC(Cn1cc(Cl)cn1)C(=O)Nc1ccc([N+](=O)[O-])cc1C#N. The van der Waals surface area contributed by atoms with Crippen LogP contribution in [0.4, 0.5) is 11.4 Å². The molecule has 0 fully saturated rings. The second kappa shape index (κ2) is 6.89. The molecule has 0 aliphatic carbocycles. The van der Waals surface area contributed by atoms with E-state index in [1.807, 2.05) is 6.07 Å². The zero-order chi connectivity index (χ0) is 17.0. The van der Waals surface area contributed by atoms with Crippen LogP contribution in [0, 0.1) is 27.4 Å². The maximum Gasteiger partial charge on any atom is 0.270 e. The monoisotopic (exact) mass is 333 g/mol. The Morgan fingerprint density at radius 2 is 2.35 bits per heavy atom. The first kappa shape index (κ1) is 16.5. The van der Waals surface area contributed by atoms with Crippen LogP contribution in [-0.4, -0.2) is 20.6 Å². The molecule has 0 radical (unpaired) electrons. The van der Waals surface area contributed by atoms with Gasteiger partial charge in [0, 0.05) is 18.3 Å². The molecule has 118 valence electrons. The predicted octanol–water partition coefficient (Wildman–Crippen LogP) is 2.59. The van der Waals surface area contributed by atoms with Gasteiger partial charge in [0.1, 0.15) is 6.07 Å². The van der Waals surface area contributed by atoms with Crippen LogP contribution in [0.1, 0.15) is 12.5 Å². The average Bonchev–Trinajstić information content (AvgIpc) is 2.92. The van der Waals surface area contributed by atoms with Crippen molar-refractivity contribution in [1.82, 2.24) is 9.78 Å². The lowest BCUT2D eigenvalue weighted by Gasteiger charge is -2.13. The highest BCUT2D eigenvalue weighted by Crippen LogP contribution is 2.22. The van der Waals surface area contributed by atoms with Crippen LogP contribution < -0.4 is 5.32 Å². The molecule has 1 heterocycles. The highest BCUT2D eigenvalue weighted by molar-refractivity contribution is 6.30. The summed E-state index contributed by atoms with van der Waals surface area (Å²) in [5.41, 5.74) is 0.0501. The molecule has 0 spiro atoms. The minimum Gasteiger partial charge on any atom is -0.325 e. The number of nitrogens with one attached hydrogen (secondary N) is 1. The minimum absolute atomic E-state index is 0.0295. The third-order valence-corrected chi connectivity index (χ3v) is 3.30. The fourth-order valence-electron chi connectivity index (χ4n) is 1.90. The first-order valence-electron chi connectivity index (χ1n) is 6.58. The summed E-state index contributed by atoms with van der Waals surface area (Å²) < 4.78 is 1.54. The van der Waals surface area contributed by atoms with Crippen LogP contribution in [0.3, 0.4) is 0 Å². The van der Waals surface area contributed by atoms with E-state index in [1.54, 1.807) is 13.1 Å². The fourth-order valence-corrected chi connectivity index (χ4v) is 2.06. The number of nitrogens with zero attached hydrogens (tertiary/aromatic N) is 4. The summed E-state index contributed by atoms with van der Waals surface area (Å²) in [5, 5.41) is 26.8. The second-order valence-electron chi connectivity index (χ2n) is 4.87. The van der Waals surface area contributed by atoms with Crippen LogP contribution in [-0.2, 0) is 11.3 Å². The zero-order valence-corrected chi connectivity index (χ0v) is 12.8. The van der Waals surface area contributed by atoms with Gasteiger partial charge < -0.3 is 5.32 Å². The molecule has 2 rings (SSSR count). The standard InChI is InChI=1S/C14H12ClN5O3/c1-9(7-19-8-11(15)6-17-19)14(21)18-13-3-2-12(20(22)23)4-10(13)5-16/h2-4,6,8-9H,7H2,1H3,(H,18,21). The van der Waals surface area contributed by atoms with E-state index in [0.29, 0.717) is 11.6 Å². The molecule has 0 saturated heterocycles. The quantitative estimate of drug-likeness (QED) is 0.667. The van der Waals surface area contributed by atoms with Crippen molar-refractivity contribution < 1.29 is 9.72 Å². The van der Waals surface area contributed by atoms with Crippen LogP contribution in [0.2, 0.25) is 5.02 Å². The molecule has 2 aromatic rings. The van der Waals surface area contributed by atoms with Crippen molar-refractivity contribution in [2.75, 3.05) is 5.32 Å². The number of hydrogen-bond acceptors (Lipinski definition) is 5. The van der Waals surface area contributed by atoms with E-state index < -0.39 is 10.8 Å². The van der Waals surface area contributed by atoms with Gasteiger partial charge in [0.2, 0.25) is 5.91 Å². The van der Waals surface area contributed by atoms with E-state index in [4.69, 9.17) is 16.9 Å². The van der Waals surface area contributed by atoms with Gasteiger partial charge in [0.15, 0.2) is 0 Å². The van der Waals surface area contributed by atoms with Crippen LogP contribution in [0.25, 0.3) is 0 Å². The number of benzene rings is 1.